The van der Waals surface area contributed by atoms with Crippen molar-refractivity contribution in [3.63, 3.8) is 0 Å². The average molecular weight is 450 g/mol. The fraction of sp³-hybridized carbons (Fsp3) is 0.357. The molecule has 0 saturated carbocycles. The first-order chi connectivity index (χ1) is 15.4. The van der Waals surface area contributed by atoms with Gasteiger partial charge in [-0.15, -0.1) is 0 Å². The molecule has 3 aromatic carbocycles. The minimum atomic E-state index is -1.24. The van der Waals surface area contributed by atoms with E-state index < -0.39 is 16.9 Å². The predicted molar refractivity (Wildman–Crippen MR) is 134 cm³/mol. The van der Waals surface area contributed by atoms with Crippen LogP contribution in [0, 0.1) is 12.8 Å². The number of aryl methyl sites for hydroxylation is 1. The standard InChI is InChI=1S/C28H35NO2S/c1-22(2)18-27(28(30)21-32(31)26-16-14-23(3)15-17-26)29(19-24-10-6-4-7-11-24)20-25-12-8-5-9-13-25/h4-17,22,27-28,30H,18-21H2,1-3H3/t27-,28-,32+/m0/s1. The summed E-state index contributed by atoms with van der Waals surface area (Å²) < 4.78 is 13.0. The van der Waals surface area contributed by atoms with Gasteiger partial charge in [0.1, 0.15) is 0 Å². The SMILES string of the molecule is Cc1ccc([S@](=O)C[C@H](O)[C@H](CC(C)C)N(Cc2ccccc2)Cc2ccccc2)cc1. The Labute approximate surface area is 195 Å². The molecule has 170 valence electrons. The van der Waals surface area contributed by atoms with Crippen LogP contribution >= 0.6 is 0 Å². The van der Waals surface area contributed by atoms with Crippen molar-refractivity contribution in [2.24, 2.45) is 5.92 Å². The Hall–Kier alpha value is -2.27. The summed E-state index contributed by atoms with van der Waals surface area (Å²) >= 11 is 0. The van der Waals surface area contributed by atoms with E-state index in [1.54, 1.807) is 0 Å². The Morgan fingerprint density at radius 3 is 1.78 bits per heavy atom. The summed E-state index contributed by atoms with van der Waals surface area (Å²) in [5, 5.41) is 11.3. The van der Waals surface area contributed by atoms with E-state index in [9.17, 15) is 9.32 Å². The highest BCUT2D eigenvalue weighted by molar-refractivity contribution is 7.85. The first-order valence-corrected chi connectivity index (χ1v) is 12.7. The molecular formula is C28H35NO2S. The Balaban J connectivity index is 1.84. The molecule has 0 saturated heterocycles. The maximum atomic E-state index is 13.0. The van der Waals surface area contributed by atoms with Crippen molar-refractivity contribution in [1.29, 1.82) is 0 Å². The van der Waals surface area contributed by atoms with Crippen LogP contribution in [0.2, 0.25) is 0 Å². The van der Waals surface area contributed by atoms with Gasteiger partial charge in [-0.3, -0.25) is 9.11 Å². The molecule has 32 heavy (non-hydrogen) atoms. The maximum Gasteiger partial charge on any atom is 0.0814 e. The lowest BCUT2D eigenvalue weighted by molar-refractivity contribution is 0.0408. The zero-order valence-corrected chi connectivity index (χ0v) is 20.2. The van der Waals surface area contributed by atoms with Crippen molar-refractivity contribution in [1.82, 2.24) is 4.90 Å². The molecule has 3 atom stereocenters. The highest BCUT2D eigenvalue weighted by atomic mass is 32.2. The number of hydrogen-bond acceptors (Lipinski definition) is 3. The van der Waals surface area contributed by atoms with Crippen LogP contribution in [0.1, 0.15) is 37.0 Å². The van der Waals surface area contributed by atoms with E-state index in [1.807, 2.05) is 43.3 Å². The van der Waals surface area contributed by atoms with Crippen LogP contribution in [-0.2, 0) is 23.9 Å². The van der Waals surface area contributed by atoms with Crippen LogP contribution in [0.15, 0.2) is 89.8 Å². The van der Waals surface area contributed by atoms with Gasteiger partial charge in [-0.1, -0.05) is 92.2 Å². The van der Waals surface area contributed by atoms with Gasteiger partial charge in [-0.05, 0) is 42.5 Å². The van der Waals surface area contributed by atoms with Gasteiger partial charge >= 0.3 is 0 Å². The summed E-state index contributed by atoms with van der Waals surface area (Å²) in [6.07, 6.45) is 0.151. The largest absolute Gasteiger partial charge is 0.391 e. The first-order valence-electron chi connectivity index (χ1n) is 11.4. The van der Waals surface area contributed by atoms with Gasteiger partial charge < -0.3 is 5.11 Å². The van der Waals surface area contributed by atoms with Gasteiger partial charge in [0.05, 0.1) is 22.7 Å². The molecule has 0 aliphatic heterocycles. The number of aliphatic hydroxyl groups excluding tert-OH is 1. The second kappa shape index (κ2) is 12.1. The third-order valence-electron chi connectivity index (χ3n) is 5.69. The summed E-state index contributed by atoms with van der Waals surface area (Å²) in [7, 11) is -1.24. The van der Waals surface area contributed by atoms with Crippen molar-refractivity contribution >= 4 is 10.8 Å². The van der Waals surface area contributed by atoms with E-state index in [1.165, 1.54) is 11.1 Å². The topological polar surface area (TPSA) is 40.5 Å². The lowest BCUT2D eigenvalue weighted by Crippen LogP contribution is -2.46. The lowest BCUT2D eigenvalue weighted by atomic mass is 9.97. The minimum absolute atomic E-state index is 0.0928. The quantitative estimate of drug-likeness (QED) is 0.415. The molecule has 4 heteroatoms. The molecule has 0 unspecified atom stereocenters. The van der Waals surface area contributed by atoms with E-state index in [-0.39, 0.29) is 11.8 Å². The van der Waals surface area contributed by atoms with Crippen LogP contribution in [-0.4, -0.2) is 32.1 Å². The van der Waals surface area contributed by atoms with Gasteiger partial charge in [0.2, 0.25) is 0 Å². The summed E-state index contributed by atoms with van der Waals surface area (Å²) in [5.74, 6) is 0.650. The lowest BCUT2D eigenvalue weighted by Gasteiger charge is -2.36. The van der Waals surface area contributed by atoms with Gasteiger partial charge in [-0.2, -0.15) is 0 Å². The second-order valence-electron chi connectivity index (χ2n) is 8.97. The number of nitrogens with zero attached hydrogens (tertiary/aromatic N) is 1. The molecule has 0 aliphatic carbocycles. The van der Waals surface area contributed by atoms with E-state index in [4.69, 9.17) is 0 Å². The highest BCUT2D eigenvalue weighted by Gasteiger charge is 2.29. The Morgan fingerprint density at radius 2 is 1.31 bits per heavy atom. The molecule has 0 amide bonds. The highest BCUT2D eigenvalue weighted by Crippen LogP contribution is 2.23. The molecule has 3 aromatic rings. The summed E-state index contributed by atoms with van der Waals surface area (Å²) in [5.41, 5.74) is 3.56. The fourth-order valence-electron chi connectivity index (χ4n) is 4.01. The van der Waals surface area contributed by atoms with Crippen LogP contribution in [0.4, 0.5) is 0 Å². The molecule has 3 nitrogen and oxygen atoms in total. The van der Waals surface area contributed by atoms with E-state index in [2.05, 4.69) is 67.3 Å². The van der Waals surface area contributed by atoms with Crippen molar-refractivity contribution < 1.29 is 9.32 Å². The molecule has 3 rings (SSSR count). The molecule has 0 aliphatic rings. The molecule has 0 heterocycles. The van der Waals surface area contributed by atoms with Crippen LogP contribution in [0.3, 0.4) is 0 Å². The zero-order valence-electron chi connectivity index (χ0n) is 19.4. The van der Waals surface area contributed by atoms with Crippen LogP contribution in [0.25, 0.3) is 0 Å². The number of hydrogen-bond donors (Lipinski definition) is 1. The van der Waals surface area contributed by atoms with Crippen LogP contribution < -0.4 is 0 Å². The molecule has 0 spiro atoms. The van der Waals surface area contributed by atoms with Crippen molar-refractivity contribution in [2.75, 3.05) is 5.75 Å². The molecule has 0 bridgehead atoms. The van der Waals surface area contributed by atoms with Crippen molar-refractivity contribution in [3.8, 4) is 0 Å². The summed E-state index contributed by atoms with van der Waals surface area (Å²) in [4.78, 5) is 3.12. The zero-order chi connectivity index (χ0) is 22.9. The Bertz CT molecular complexity index is 916. The average Bonchev–Trinajstić information content (AvgIpc) is 2.78. The van der Waals surface area contributed by atoms with Crippen molar-refractivity contribution in [2.45, 2.75) is 57.3 Å². The van der Waals surface area contributed by atoms with E-state index in [0.717, 1.165) is 30.0 Å². The second-order valence-corrected chi connectivity index (χ2v) is 10.5. The predicted octanol–water partition coefficient (Wildman–Crippen LogP) is 5.58. The Kier molecular flexibility index (Phi) is 9.22. The molecular weight excluding hydrogens is 414 g/mol. The number of aliphatic hydroxyl groups is 1. The Morgan fingerprint density at radius 1 is 0.812 bits per heavy atom. The molecule has 1 N–H and O–H groups in total. The van der Waals surface area contributed by atoms with Gasteiger partial charge in [0, 0.05) is 24.0 Å². The van der Waals surface area contributed by atoms with Gasteiger partial charge in [0.25, 0.3) is 0 Å². The summed E-state index contributed by atoms with van der Waals surface area (Å²) in [6, 6.07) is 28.4. The molecule has 0 fully saturated rings. The summed E-state index contributed by atoms with van der Waals surface area (Å²) in [6.45, 7) is 7.85. The van der Waals surface area contributed by atoms with Gasteiger partial charge in [-0.25, -0.2) is 0 Å². The third kappa shape index (κ3) is 7.40. The maximum absolute atomic E-state index is 13.0. The third-order valence-corrected chi connectivity index (χ3v) is 7.13. The van der Waals surface area contributed by atoms with Gasteiger partial charge in [0.15, 0.2) is 0 Å². The molecule has 0 aromatic heterocycles. The van der Waals surface area contributed by atoms with E-state index >= 15 is 0 Å². The molecule has 0 radical (unpaired) electrons. The van der Waals surface area contributed by atoms with E-state index in [0.29, 0.717) is 5.92 Å². The number of rotatable bonds is 11. The number of benzene rings is 3. The first kappa shape index (κ1) is 24.4. The minimum Gasteiger partial charge on any atom is -0.391 e. The van der Waals surface area contributed by atoms with Crippen molar-refractivity contribution in [3.05, 3.63) is 102 Å². The monoisotopic (exact) mass is 449 g/mol. The fourth-order valence-corrected chi connectivity index (χ4v) is 5.18. The normalized spacial score (nSPS) is 14.4. The smallest absolute Gasteiger partial charge is 0.0814 e. The van der Waals surface area contributed by atoms with Crippen LogP contribution in [0.5, 0.6) is 0 Å².